The molecule has 11 rings (SSSR count). The molecule has 4 heterocycles. The molecule has 3 aromatic heterocycles. The van der Waals surface area contributed by atoms with Gasteiger partial charge in [-0.3, -0.25) is 5.32 Å². The molecule has 6 heteroatoms. The summed E-state index contributed by atoms with van der Waals surface area (Å²) in [6.07, 6.45) is -0.319. The van der Waals surface area contributed by atoms with E-state index in [1.165, 1.54) is 79.0 Å². The highest BCUT2D eigenvalue weighted by atomic mass is 32.1. The molecule has 2 unspecified atom stereocenters. The van der Waals surface area contributed by atoms with Gasteiger partial charge in [0.2, 0.25) is 0 Å². The van der Waals surface area contributed by atoms with Gasteiger partial charge in [0.25, 0.3) is 0 Å². The Bertz CT molecular complexity index is 2940. The van der Waals surface area contributed by atoms with Crippen molar-refractivity contribution < 1.29 is 0 Å². The van der Waals surface area contributed by atoms with Gasteiger partial charge >= 0.3 is 0 Å². The fourth-order valence-corrected chi connectivity index (χ4v) is 10.3. The molecule has 0 bridgehead atoms. The van der Waals surface area contributed by atoms with Crippen LogP contribution < -0.4 is 10.6 Å². The lowest BCUT2D eigenvalue weighted by molar-refractivity contribution is 0.410. The van der Waals surface area contributed by atoms with Crippen LogP contribution in [0.3, 0.4) is 0 Å². The zero-order valence-electron chi connectivity index (χ0n) is 27.4. The SMILES string of the molecule is c1ccc(C2=NC(c3cccc4sc5cc6sc7ccc(-n8c9ccccc9c9ccccc98)cc7c6cc5c34)NC(c3ccccc3)N2)cc1. The second-order valence-electron chi connectivity index (χ2n) is 13.2. The van der Waals surface area contributed by atoms with Crippen molar-refractivity contribution in [3.05, 3.63) is 174 Å². The molecule has 51 heavy (non-hydrogen) atoms. The summed E-state index contributed by atoms with van der Waals surface area (Å²) in [5.41, 5.74) is 7.10. The molecule has 0 spiro atoms. The van der Waals surface area contributed by atoms with Gasteiger partial charge in [-0.1, -0.05) is 109 Å². The highest BCUT2D eigenvalue weighted by Crippen LogP contribution is 2.45. The lowest BCUT2D eigenvalue weighted by Gasteiger charge is -2.32. The fraction of sp³-hybridized carbons (Fsp3) is 0.0444. The first kappa shape index (κ1) is 29.0. The van der Waals surface area contributed by atoms with Gasteiger partial charge in [0.1, 0.15) is 18.2 Å². The predicted molar refractivity (Wildman–Crippen MR) is 218 cm³/mol. The number of nitrogens with one attached hydrogen (secondary N) is 2. The second-order valence-corrected chi connectivity index (χ2v) is 15.4. The number of para-hydroxylation sites is 2. The van der Waals surface area contributed by atoms with Crippen LogP contribution in [0.2, 0.25) is 0 Å². The molecular formula is C45H30N4S2. The summed E-state index contributed by atoms with van der Waals surface area (Å²) in [7, 11) is 0. The van der Waals surface area contributed by atoms with E-state index >= 15 is 0 Å². The summed E-state index contributed by atoms with van der Waals surface area (Å²) in [6, 6.07) is 57.0. The molecule has 242 valence electrons. The second kappa shape index (κ2) is 11.4. The number of benzene rings is 7. The standard InChI is InChI=1S/C45H30N4S2/c1-3-12-27(13-4-1)43-46-44(28-14-5-2-6-15-28)48-45(47-43)32-18-11-21-39-42(32)35-25-34-33-24-29(22-23-38(33)50-40(34)26-41(35)51-39)49-36-19-9-7-16-30(36)31-17-8-10-20-37(31)49/h1-26,43,45,47H,(H,46,48). The zero-order chi connectivity index (χ0) is 33.5. The molecule has 2 atom stereocenters. The topological polar surface area (TPSA) is 41.4 Å². The van der Waals surface area contributed by atoms with E-state index in [2.05, 4.69) is 173 Å². The first-order chi connectivity index (χ1) is 25.3. The van der Waals surface area contributed by atoms with Crippen LogP contribution in [0, 0.1) is 0 Å². The Morgan fingerprint density at radius 1 is 0.510 bits per heavy atom. The van der Waals surface area contributed by atoms with Crippen LogP contribution in [0.25, 0.3) is 67.8 Å². The number of aliphatic imine (C=N–C) groups is 1. The molecule has 0 amide bonds. The van der Waals surface area contributed by atoms with Gasteiger partial charge in [0.15, 0.2) is 0 Å². The van der Waals surface area contributed by atoms with Crippen molar-refractivity contribution in [1.29, 1.82) is 0 Å². The molecule has 0 saturated carbocycles. The van der Waals surface area contributed by atoms with Crippen LogP contribution in [0.5, 0.6) is 0 Å². The van der Waals surface area contributed by atoms with Gasteiger partial charge < -0.3 is 9.88 Å². The maximum atomic E-state index is 5.32. The van der Waals surface area contributed by atoms with Crippen molar-refractivity contribution in [3.63, 3.8) is 0 Å². The van der Waals surface area contributed by atoms with E-state index in [4.69, 9.17) is 4.99 Å². The summed E-state index contributed by atoms with van der Waals surface area (Å²) in [5, 5.41) is 15.3. The van der Waals surface area contributed by atoms with Crippen LogP contribution in [-0.2, 0) is 0 Å². The van der Waals surface area contributed by atoms with Gasteiger partial charge in [-0.25, -0.2) is 4.99 Å². The van der Waals surface area contributed by atoms with Crippen molar-refractivity contribution >= 4 is 90.7 Å². The molecule has 1 aliphatic rings. The van der Waals surface area contributed by atoms with Crippen LogP contribution in [0.15, 0.2) is 163 Å². The van der Waals surface area contributed by atoms with E-state index < -0.39 is 0 Å². The predicted octanol–water partition coefficient (Wildman–Crippen LogP) is 11.9. The van der Waals surface area contributed by atoms with E-state index in [1.54, 1.807) is 0 Å². The van der Waals surface area contributed by atoms with Crippen molar-refractivity contribution in [2.45, 2.75) is 12.3 Å². The average molecular weight is 691 g/mol. The number of hydrogen-bond acceptors (Lipinski definition) is 5. The monoisotopic (exact) mass is 690 g/mol. The molecule has 2 N–H and O–H groups in total. The third-order valence-electron chi connectivity index (χ3n) is 10.3. The Morgan fingerprint density at radius 2 is 1.18 bits per heavy atom. The summed E-state index contributed by atoms with van der Waals surface area (Å²) in [6.45, 7) is 0. The van der Waals surface area contributed by atoms with E-state index in [0.717, 1.165) is 11.4 Å². The van der Waals surface area contributed by atoms with Gasteiger partial charge in [0.05, 0.1) is 11.0 Å². The van der Waals surface area contributed by atoms with E-state index in [-0.39, 0.29) is 12.3 Å². The van der Waals surface area contributed by atoms with Gasteiger partial charge in [0, 0.05) is 67.9 Å². The third-order valence-corrected chi connectivity index (χ3v) is 12.5. The minimum Gasteiger partial charge on any atom is -0.350 e. The Balaban J connectivity index is 1.11. The normalized spacial score (nSPS) is 16.4. The molecule has 7 aromatic carbocycles. The third kappa shape index (κ3) is 4.58. The van der Waals surface area contributed by atoms with Crippen LogP contribution in [-0.4, -0.2) is 10.4 Å². The minimum absolute atomic E-state index is 0.0872. The van der Waals surface area contributed by atoms with Gasteiger partial charge in [-0.05, 0) is 54.1 Å². The van der Waals surface area contributed by atoms with Crippen LogP contribution in [0.1, 0.15) is 29.0 Å². The smallest absolute Gasteiger partial charge is 0.131 e. The number of aromatic nitrogens is 1. The molecule has 0 saturated heterocycles. The van der Waals surface area contributed by atoms with E-state index in [0.29, 0.717) is 0 Å². The first-order valence-corrected chi connectivity index (χ1v) is 18.9. The summed E-state index contributed by atoms with van der Waals surface area (Å²) >= 11 is 3.76. The number of fused-ring (bicyclic) bond motifs is 9. The van der Waals surface area contributed by atoms with Crippen LogP contribution in [0.4, 0.5) is 0 Å². The largest absolute Gasteiger partial charge is 0.350 e. The van der Waals surface area contributed by atoms with Crippen molar-refractivity contribution in [3.8, 4) is 5.69 Å². The maximum Gasteiger partial charge on any atom is 0.131 e. The molecule has 10 aromatic rings. The van der Waals surface area contributed by atoms with Crippen molar-refractivity contribution in [2.75, 3.05) is 0 Å². The first-order valence-electron chi connectivity index (χ1n) is 17.3. The Labute approximate surface area is 301 Å². The average Bonchev–Trinajstić information content (AvgIpc) is 3.86. The Morgan fingerprint density at radius 3 is 1.96 bits per heavy atom. The van der Waals surface area contributed by atoms with E-state index in [9.17, 15) is 0 Å². The number of hydrogen-bond donors (Lipinski definition) is 2. The molecule has 0 fully saturated rings. The lowest BCUT2D eigenvalue weighted by Crippen LogP contribution is -2.44. The Kier molecular flexibility index (Phi) is 6.46. The highest BCUT2D eigenvalue weighted by Gasteiger charge is 2.27. The highest BCUT2D eigenvalue weighted by molar-refractivity contribution is 7.28. The maximum absolute atomic E-state index is 5.32. The number of thiophene rings is 2. The van der Waals surface area contributed by atoms with E-state index in [1.807, 2.05) is 22.7 Å². The molecule has 1 aliphatic heterocycles. The number of nitrogens with zero attached hydrogens (tertiary/aromatic N) is 2. The lowest BCUT2D eigenvalue weighted by atomic mass is 10.0. The molecule has 0 aliphatic carbocycles. The Hall–Kier alpha value is -5.79. The summed E-state index contributed by atoms with van der Waals surface area (Å²) in [4.78, 5) is 5.32. The van der Waals surface area contributed by atoms with Crippen LogP contribution >= 0.6 is 22.7 Å². The molecule has 0 radical (unpaired) electrons. The van der Waals surface area contributed by atoms with Crippen molar-refractivity contribution in [1.82, 2.24) is 15.2 Å². The molecule has 4 nitrogen and oxygen atoms in total. The van der Waals surface area contributed by atoms with Crippen molar-refractivity contribution in [2.24, 2.45) is 4.99 Å². The molecular weight excluding hydrogens is 661 g/mol. The number of rotatable bonds is 4. The number of amidine groups is 1. The quantitative estimate of drug-likeness (QED) is 0.193. The van der Waals surface area contributed by atoms with Gasteiger partial charge in [-0.2, -0.15) is 0 Å². The summed E-state index contributed by atoms with van der Waals surface area (Å²) < 4.78 is 7.62. The van der Waals surface area contributed by atoms with Gasteiger partial charge in [-0.15, -0.1) is 22.7 Å². The zero-order valence-corrected chi connectivity index (χ0v) is 29.0. The summed E-state index contributed by atoms with van der Waals surface area (Å²) in [5.74, 6) is 0.897. The minimum atomic E-state index is -0.231. The fourth-order valence-electron chi connectivity index (χ4n) is 7.96.